The smallest absolute Gasteiger partial charge is 0.162 e. The van der Waals surface area contributed by atoms with E-state index in [0.29, 0.717) is 18.6 Å². The zero-order valence-electron chi connectivity index (χ0n) is 11.9. The molecule has 4 heteroatoms. The fourth-order valence-corrected chi connectivity index (χ4v) is 2.02. The first-order valence-electron chi connectivity index (χ1n) is 6.65. The van der Waals surface area contributed by atoms with Gasteiger partial charge in [-0.15, -0.1) is 0 Å². The quantitative estimate of drug-likeness (QED) is 0.733. The predicted octanol–water partition coefficient (Wildman–Crippen LogP) is 3.16. The van der Waals surface area contributed by atoms with Crippen LogP contribution in [0.2, 0.25) is 0 Å². The van der Waals surface area contributed by atoms with Crippen molar-refractivity contribution < 1.29 is 13.5 Å². The zero-order valence-corrected chi connectivity index (χ0v) is 11.9. The molecule has 0 spiro atoms. The molecule has 1 aromatic rings. The number of nitrogens with one attached hydrogen (secondary N) is 1. The molecule has 0 aliphatic rings. The highest BCUT2D eigenvalue weighted by molar-refractivity contribution is 5.20. The lowest BCUT2D eigenvalue weighted by Crippen LogP contribution is -2.35. The first-order valence-corrected chi connectivity index (χ1v) is 6.65. The molecule has 0 saturated carbocycles. The molecule has 2 nitrogen and oxygen atoms in total. The molecule has 0 saturated heterocycles. The van der Waals surface area contributed by atoms with Gasteiger partial charge < -0.3 is 10.1 Å². The van der Waals surface area contributed by atoms with E-state index >= 15 is 0 Å². The van der Waals surface area contributed by atoms with Crippen LogP contribution in [-0.4, -0.2) is 26.8 Å². The van der Waals surface area contributed by atoms with Crippen molar-refractivity contribution in [1.82, 2.24) is 5.32 Å². The van der Waals surface area contributed by atoms with Crippen molar-refractivity contribution in [3.05, 3.63) is 35.4 Å². The van der Waals surface area contributed by atoms with Crippen LogP contribution in [-0.2, 0) is 11.2 Å². The van der Waals surface area contributed by atoms with Crippen LogP contribution >= 0.6 is 0 Å². The van der Waals surface area contributed by atoms with Gasteiger partial charge in [0.2, 0.25) is 0 Å². The van der Waals surface area contributed by atoms with E-state index in [9.17, 15) is 8.78 Å². The Morgan fingerprint density at radius 1 is 1.32 bits per heavy atom. The molecule has 0 aliphatic carbocycles. The van der Waals surface area contributed by atoms with Gasteiger partial charge in [-0.05, 0) is 29.9 Å². The maximum atomic E-state index is 13.7. The van der Waals surface area contributed by atoms with Gasteiger partial charge in [0.1, 0.15) is 0 Å². The summed E-state index contributed by atoms with van der Waals surface area (Å²) in [7, 11) is 1.66. The first-order chi connectivity index (χ1) is 9.02. The number of hydrogen-bond donors (Lipinski definition) is 1. The summed E-state index contributed by atoms with van der Waals surface area (Å²) >= 11 is 0. The topological polar surface area (TPSA) is 21.3 Å². The van der Waals surface area contributed by atoms with Crippen molar-refractivity contribution in [1.29, 1.82) is 0 Å². The number of benzene rings is 1. The Morgan fingerprint density at radius 2 is 2.05 bits per heavy atom. The third-order valence-electron chi connectivity index (χ3n) is 3.54. The van der Waals surface area contributed by atoms with Crippen LogP contribution in [0, 0.1) is 17.0 Å². The molecule has 1 aromatic carbocycles. The second-order valence-corrected chi connectivity index (χ2v) is 5.22. The van der Waals surface area contributed by atoms with E-state index in [1.54, 1.807) is 19.2 Å². The minimum atomic E-state index is -0.775. The predicted molar refractivity (Wildman–Crippen MR) is 73.2 cm³/mol. The van der Waals surface area contributed by atoms with Crippen molar-refractivity contribution in [3.63, 3.8) is 0 Å². The summed E-state index contributed by atoms with van der Waals surface area (Å²) in [5.74, 6) is -1.50. The molecule has 0 heterocycles. The Kier molecular flexibility index (Phi) is 6.38. The number of halogens is 2. The summed E-state index contributed by atoms with van der Waals surface area (Å²) < 4.78 is 31.9. The molecule has 1 rings (SSSR count). The SMILES string of the molecule is CCC(C)(CNCCOC)Cc1cccc(F)c1F. The fraction of sp³-hybridized carbons (Fsp3) is 0.600. The molecule has 0 amide bonds. The second kappa shape index (κ2) is 7.56. The van der Waals surface area contributed by atoms with Crippen LogP contribution in [0.25, 0.3) is 0 Å². The largest absolute Gasteiger partial charge is 0.383 e. The Bertz CT molecular complexity index is 398. The van der Waals surface area contributed by atoms with Gasteiger partial charge in [0.05, 0.1) is 6.61 Å². The fourth-order valence-electron chi connectivity index (χ4n) is 2.02. The van der Waals surface area contributed by atoms with Gasteiger partial charge in [0, 0.05) is 20.2 Å². The Labute approximate surface area is 114 Å². The lowest BCUT2D eigenvalue weighted by molar-refractivity contribution is 0.191. The van der Waals surface area contributed by atoms with Crippen molar-refractivity contribution in [2.24, 2.45) is 5.41 Å². The van der Waals surface area contributed by atoms with Gasteiger partial charge in [0.25, 0.3) is 0 Å². The van der Waals surface area contributed by atoms with E-state index in [1.807, 2.05) is 0 Å². The van der Waals surface area contributed by atoms with Crippen molar-refractivity contribution in [2.75, 3.05) is 26.8 Å². The molecular weight excluding hydrogens is 248 g/mol. The second-order valence-electron chi connectivity index (χ2n) is 5.22. The van der Waals surface area contributed by atoms with Crippen LogP contribution in [0.3, 0.4) is 0 Å². The third kappa shape index (κ3) is 4.88. The summed E-state index contributed by atoms with van der Waals surface area (Å²) in [5, 5.41) is 3.29. The van der Waals surface area contributed by atoms with Crippen molar-refractivity contribution in [2.45, 2.75) is 26.7 Å². The molecule has 0 aromatic heterocycles. The summed E-state index contributed by atoms with van der Waals surface area (Å²) in [6.45, 7) is 6.31. The van der Waals surface area contributed by atoms with Gasteiger partial charge >= 0.3 is 0 Å². The van der Waals surface area contributed by atoms with Crippen LogP contribution in [0.1, 0.15) is 25.8 Å². The summed E-state index contributed by atoms with van der Waals surface area (Å²) in [4.78, 5) is 0. The molecule has 19 heavy (non-hydrogen) atoms. The highest BCUT2D eigenvalue weighted by Gasteiger charge is 2.24. The van der Waals surface area contributed by atoms with E-state index in [-0.39, 0.29) is 5.41 Å². The molecule has 0 fully saturated rings. The summed E-state index contributed by atoms with van der Waals surface area (Å²) in [5.41, 5.74) is 0.348. The Balaban J connectivity index is 2.66. The van der Waals surface area contributed by atoms with Crippen LogP contribution in [0.5, 0.6) is 0 Å². The monoisotopic (exact) mass is 271 g/mol. The van der Waals surface area contributed by atoms with Gasteiger partial charge in [-0.1, -0.05) is 26.0 Å². The van der Waals surface area contributed by atoms with Crippen LogP contribution in [0.15, 0.2) is 18.2 Å². The maximum absolute atomic E-state index is 13.7. The van der Waals surface area contributed by atoms with E-state index in [0.717, 1.165) is 25.6 Å². The summed E-state index contributed by atoms with van der Waals surface area (Å²) in [6, 6.07) is 4.36. The molecule has 1 unspecified atom stereocenters. The maximum Gasteiger partial charge on any atom is 0.162 e. The average molecular weight is 271 g/mol. The third-order valence-corrected chi connectivity index (χ3v) is 3.54. The van der Waals surface area contributed by atoms with Crippen molar-refractivity contribution in [3.8, 4) is 0 Å². The Morgan fingerprint density at radius 3 is 2.68 bits per heavy atom. The number of methoxy groups -OCH3 is 1. The number of hydrogen-bond acceptors (Lipinski definition) is 2. The lowest BCUT2D eigenvalue weighted by Gasteiger charge is -2.29. The van der Waals surface area contributed by atoms with E-state index < -0.39 is 11.6 Å². The number of ether oxygens (including phenoxy) is 1. The van der Waals surface area contributed by atoms with E-state index in [2.05, 4.69) is 19.2 Å². The van der Waals surface area contributed by atoms with Gasteiger partial charge in [-0.3, -0.25) is 0 Å². The molecule has 0 bridgehead atoms. The highest BCUT2D eigenvalue weighted by Crippen LogP contribution is 2.27. The molecule has 1 N–H and O–H groups in total. The standard InChI is InChI=1S/C15H23F2NO/c1-4-15(2,11-18-8-9-19-3)10-12-6-5-7-13(16)14(12)17/h5-7,18H,4,8-11H2,1-3H3. The average Bonchev–Trinajstić information content (AvgIpc) is 2.40. The number of rotatable bonds is 8. The normalized spacial score (nSPS) is 14.4. The zero-order chi connectivity index (χ0) is 14.3. The van der Waals surface area contributed by atoms with Crippen LogP contribution < -0.4 is 5.32 Å². The first kappa shape index (κ1) is 16.1. The Hall–Kier alpha value is -1.00. The lowest BCUT2D eigenvalue weighted by atomic mass is 9.81. The van der Waals surface area contributed by atoms with Crippen LogP contribution in [0.4, 0.5) is 8.78 Å². The van der Waals surface area contributed by atoms with Gasteiger partial charge in [-0.2, -0.15) is 0 Å². The van der Waals surface area contributed by atoms with Gasteiger partial charge in [-0.25, -0.2) is 8.78 Å². The molecule has 1 atom stereocenters. The minimum Gasteiger partial charge on any atom is -0.383 e. The summed E-state index contributed by atoms with van der Waals surface area (Å²) in [6.07, 6.45) is 1.41. The molecule has 0 radical (unpaired) electrons. The molecule has 108 valence electrons. The molecular formula is C15H23F2NO. The van der Waals surface area contributed by atoms with E-state index in [1.165, 1.54) is 0 Å². The van der Waals surface area contributed by atoms with Crippen molar-refractivity contribution >= 4 is 0 Å². The van der Waals surface area contributed by atoms with E-state index in [4.69, 9.17) is 4.74 Å². The minimum absolute atomic E-state index is 0.0949. The molecule has 0 aliphatic heterocycles. The highest BCUT2D eigenvalue weighted by atomic mass is 19.2. The van der Waals surface area contributed by atoms with Gasteiger partial charge in [0.15, 0.2) is 11.6 Å².